The summed E-state index contributed by atoms with van der Waals surface area (Å²) < 4.78 is 4.97. The fourth-order valence-electron chi connectivity index (χ4n) is 1.51. The number of aromatic carboxylic acids is 1. The van der Waals surface area contributed by atoms with Crippen molar-refractivity contribution in [2.75, 3.05) is 7.05 Å². The average molecular weight is 280 g/mol. The summed E-state index contributed by atoms with van der Waals surface area (Å²) in [5.41, 5.74) is 2.57. The van der Waals surface area contributed by atoms with Crippen LogP contribution < -0.4 is 0 Å². The molecule has 100 valence electrons. The number of carboxylic acid groups (broad SMARTS) is 1. The maximum Gasteiger partial charge on any atom is 0.338 e. The standard InChI is InChI=1S/C12H12N2O4S/c1-7-10(19-6-13-7)4-14(2)11(15)9-3-8(5-18-9)12(16)17/h3,5-6H,4H2,1-2H3,(H,16,17). The van der Waals surface area contributed by atoms with Crippen molar-refractivity contribution >= 4 is 23.2 Å². The number of carbonyl (C=O) groups is 2. The highest BCUT2D eigenvalue weighted by Gasteiger charge is 2.19. The summed E-state index contributed by atoms with van der Waals surface area (Å²) >= 11 is 1.47. The van der Waals surface area contributed by atoms with Crippen molar-refractivity contribution in [3.63, 3.8) is 0 Å². The Labute approximate surface area is 113 Å². The molecular weight excluding hydrogens is 268 g/mol. The second-order valence-electron chi connectivity index (χ2n) is 4.03. The second kappa shape index (κ2) is 5.23. The van der Waals surface area contributed by atoms with Crippen LogP contribution in [0, 0.1) is 6.92 Å². The molecule has 0 aliphatic rings. The van der Waals surface area contributed by atoms with Crippen LogP contribution in [0.5, 0.6) is 0 Å². The van der Waals surface area contributed by atoms with Crippen LogP contribution in [-0.4, -0.2) is 33.9 Å². The van der Waals surface area contributed by atoms with Crippen molar-refractivity contribution in [3.05, 3.63) is 39.7 Å². The number of carbonyl (C=O) groups excluding carboxylic acids is 1. The Morgan fingerprint density at radius 1 is 1.53 bits per heavy atom. The molecule has 0 atom stereocenters. The molecule has 2 aromatic heterocycles. The Morgan fingerprint density at radius 2 is 2.26 bits per heavy atom. The van der Waals surface area contributed by atoms with E-state index in [1.165, 1.54) is 22.3 Å². The van der Waals surface area contributed by atoms with Crippen molar-refractivity contribution < 1.29 is 19.1 Å². The minimum atomic E-state index is -1.12. The normalized spacial score (nSPS) is 10.4. The molecule has 0 aromatic carbocycles. The van der Waals surface area contributed by atoms with E-state index < -0.39 is 5.97 Å². The Bertz CT molecular complexity index is 617. The second-order valence-corrected chi connectivity index (χ2v) is 4.97. The molecule has 0 radical (unpaired) electrons. The minimum absolute atomic E-state index is 0.0158. The Hall–Kier alpha value is -2.15. The van der Waals surface area contributed by atoms with Crippen LogP contribution in [0.2, 0.25) is 0 Å². The third kappa shape index (κ3) is 2.82. The third-order valence-electron chi connectivity index (χ3n) is 2.63. The molecule has 1 N–H and O–H groups in total. The molecule has 0 spiro atoms. The maximum atomic E-state index is 12.0. The number of amides is 1. The van der Waals surface area contributed by atoms with Crippen LogP contribution in [0.25, 0.3) is 0 Å². The van der Waals surface area contributed by atoms with E-state index in [0.29, 0.717) is 6.54 Å². The molecule has 0 saturated carbocycles. The summed E-state index contributed by atoms with van der Waals surface area (Å²) in [6.45, 7) is 2.29. The van der Waals surface area contributed by atoms with Gasteiger partial charge in [0.2, 0.25) is 0 Å². The number of rotatable bonds is 4. The molecule has 2 rings (SSSR count). The first-order valence-corrected chi connectivity index (χ1v) is 6.33. The highest BCUT2D eigenvalue weighted by molar-refractivity contribution is 7.09. The lowest BCUT2D eigenvalue weighted by molar-refractivity contribution is 0.0695. The van der Waals surface area contributed by atoms with E-state index >= 15 is 0 Å². The van der Waals surface area contributed by atoms with E-state index in [1.54, 1.807) is 12.6 Å². The van der Waals surface area contributed by atoms with Gasteiger partial charge in [-0.25, -0.2) is 9.78 Å². The molecule has 1 amide bonds. The SMILES string of the molecule is Cc1ncsc1CN(C)C(=O)c1cc(C(=O)O)co1. The molecule has 0 bridgehead atoms. The van der Waals surface area contributed by atoms with Crippen LogP contribution in [0.4, 0.5) is 0 Å². The van der Waals surface area contributed by atoms with Gasteiger partial charge < -0.3 is 14.4 Å². The van der Waals surface area contributed by atoms with Crippen LogP contribution in [-0.2, 0) is 6.54 Å². The zero-order valence-corrected chi connectivity index (χ0v) is 11.2. The smallest absolute Gasteiger partial charge is 0.338 e. The quantitative estimate of drug-likeness (QED) is 0.926. The predicted octanol–water partition coefficient (Wildman–Crippen LogP) is 2.01. The summed E-state index contributed by atoms with van der Waals surface area (Å²) in [5.74, 6) is -1.47. The van der Waals surface area contributed by atoms with E-state index in [0.717, 1.165) is 16.8 Å². The predicted molar refractivity (Wildman–Crippen MR) is 68.3 cm³/mol. The van der Waals surface area contributed by atoms with Gasteiger partial charge in [-0.2, -0.15) is 0 Å². The fraction of sp³-hybridized carbons (Fsp3) is 0.250. The number of hydrogen-bond acceptors (Lipinski definition) is 5. The van der Waals surface area contributed by atoms with Crippen molar-refractivity contribution in [2.24, 2.45) is 0 Å². The molecule has 7 heteroatoms. The van der Waals surface area contributed by atoms with Gasteiger partial charge in [0.05, 0.1) is 23.3 Å². The van der Waals surface area contributed by atoms with Crippen LogP contribution in [0.1, 0.15) is 31.5 Å². The molecule has 0 fully saturated rings. The lowest BCUT2D eigenvalue weighted by Gasteiger charge is -2.14. The first-order chi connectivity index (χ1) is 8.99. The van der Waals surface area contributed by atoms with Gasteiger partial charge in [-0.05, 0) is 6.92 Å². The molecule has 0 unspecified atom stereocenters. The Kier molecular flexibility index (Phi) is 3.66. The van der Waals surface area contributed by atoms with Crippen molar-refractivity contribution in [1.82, 2.24) is 9.88 Å². The van der Waals surface area contributed by atoms with Gasteiger partial charge in [0, 0.05) is 18.0 Å². The number of nitrogens with zero attached hydrogens (tertiary/aromatic N) is 2. The van der Waals surface area contributed by atoms with Crippen LogP contribution in [0.15, 0.2) is 22.3 Å². The summed E-state index contributed by atoms with van der Waals surface area (Å²) in [4.78, 5) is 29.3. The van der Waals surface area contributed by atoms with E-state index in [9.17, 15) is 9.59 Å². The average Bonchev–Trinajstić information content (AvgIpc) is 2.98. The maximum absolute atomic E-state index is 12.0. The van der Waals surface area contributed by atoms with E-state index in [4.69, 9.17) is 9.52 Å². The number of carboxylic acids is 1. The molecule has 0 aliphatic heterocycles. The van der Waals surface area contributed by atoms with Gasteiger partial charge >= 0.3 is 5.97 Å². The lowest BCUT2D eigenvalue weighted by Crippen LogP contribution is -2.25. The first-order valence-electron chi connectivity index (χ1n) is 5.45. The summed E-state index contributed by atoms with van der Waals surface area (Å²) in [7, 11) is 1.63. The summed E-state index contributed by atoms with van der Waals surface area (Å²) in [5, 5.41) is 8.77. The Morgan fingerprint density at radius 3 is 2.79 bits per heavy atom. The van der Waals surface area contributed by atoms with Gasteiger partial charge in [0.1, 0.15) is 6.26 Å². The molecule has 6 nitrogen and oxygen atoms in total. The zero-order valence-electron chi connectivity index (χ0n) is 10.4. The van der Waals surface area contributed by atoms with Gasteiger partial charge in [-0.15, -0.1) is 11.3 Å². The van der Waals surface area contributed by atoms with Crippen molar-refractivity contribution in [3.8, 4) is 0 Å². The molecule has 2 heterocycles. The third-order valence-corrected chi connectivity index (χ3v) is 3.55. The topological polar surface area (TPSA) is 83.6 Å². The number of aryl methyl sites for hydroxylation is 1. The van der Waals surface area contributed by atoms with Gasteiger partial charge in [-0.3, -0.25) is 4.79 Å². The molecule has 2 aromatic rings. The Balaban J connectivity index is 2.10. The monoisotopic (exact) mass is 280 g/mol. The number of furan rings is 1. The van der Waals surface area contributed by atoms with Gasteiger partial charge in [0.25, 0.3) is 5.91 Å². The minimum Gasteiger partial charge on any atom is -0.478 e. The van der Waals surface area contributed by atoms with Crippen molar-refractivity contribution in [2.45, 2.75) is 13.5 Å². The van der Waals surface area contributed by atoms with Crippen LogP contribution in [0.3, 0.4) is 0 Å². The summed E-state index contributed by atoms with van der Waals surface area (Å²) in [6.07, 6.45) is 1.06. The van der Waals surface area contributed by atoms with Gasteiger partial charge in [-0.1, -0.05) is 0 Å². The first kappa shape index (κ1) is 13.3. The van der Waals surface area contributed by atoms with E-state index in [-0.39, 0.29) is 17.2 Å². The van der Waals surface area contributed by atoms with E-state index in [2.05, 4.69) is 4.98 Å². The lowest BCUT2D eigenvalue weighted by atomic mass is 10.3. The molecule has 0 saturated heterocycles. The number of hydrogen-bond donors (Lipinski definition) is 1. The van der Waals surface area contributed by atoms with E-state index in [1.807, 2.05) is 6.92 Å². The molecule has 0 aliphatic carbocycles. The number of thiazole rings is 1. The highest BCUT2D eigenvalue weighted by Crippen LogP contribution is 2.16. The van der Waals surface area contributed by atoms with Crippen molar-refractivity contribution in [1.29, 1.82) is 0 Å². The number of aromatic nitrogens is 1. The summed E-state index contributed by atoms with van der Waals surface area (Å²) in [6, 6.07) is 1.22. The van der Waals surface area contributed by atoms with Gasteiger partial charge in [0.15, 0.2) is 5.76 Å². The fourth-order valence-corrected chi connectivity index (χ4v) is 2.34. The molecule has 19 heavy (non-hydrogen) atoms. The van der Waals surface area contributed by atoms with Crippen LogP contribution >= 0.6 is 11.3 Å². The zero-order chi connectivity index (χ0) is 14.0. The highest BCUT2D eigenvalue weighted by atomic mass is 32.1. The molecular formula is C12H12N2O4S. The largest absolute Gasteiger partial charge is 0.478 e.